The molecular formula is C18H18N2O6S2. The summed E-state index contributed by atoms with van der Waals surface area (Å²) in [6, 6.07) is 7.78. The van der Waals surface area contributed by atoms with Gasteiger partial charge in [0.15, 0.2) is 0 Å². The molecule has 0 radical (unpaired) electrons. The minimum Gasteiger partial charge on any atom is -0.478 e. The summed E-state index contributed by atoms with van der Waals surface area (Å²) in [7, 11) is -3.98. The number of fused-ring (bicyclic) bond motifs is 2. The van der Waals surface area contributed by atoms with Crippen LogP contribution in [0.2, 0.25) is 0 Å². The second kappa shape index (κ2) is 6.94. The van der Waals surface area contributed by atoms with Gasteiger partial charge in [0.25, 0.3) is 0 Å². The number of sulfonamides is 1. The van der Waals surface area contributed by atoms with Crippen molar-refractivity contribution in [2.75, 3.05) is 6.54 Å². The van der Waals surface area contributed by atoms with Gasteiger partial charge >= 0.3 is 11.9 Å². The standard InChI is InChI=1S/C18H18N2O6S2/c1-18(2,3)20(28(25,26)10-7-5-4-6-8-10)9-11-12(17(23)24)14-13(21)15(22)19-16(11)27-14/h4-8,14H,9H2,1-3H3,(H,23,24). The molecule has 8 nitrogen and oxygen atoms in total. The maximum atomic E-state index is 13.2. The van der Waals surface area contributed by atoms with Crippen molar-refractivity contribution in [1.29, 1.82) is 0 Å². The number of carboxylic acids is 1. The maximum Gasteiger partial charge on any atom is 0.333 e. The summed E-state index contributed by atoms with van der Waals surface area (Å²) >= 11 is 0.871. The molecule has 148 valence electrons. The molecule has 3 rings (SSSR count). The van der Waals surface area contributed by atoms with Crippen molar-refractivity contribution in [2.24, 2.45) is 4.99 Å². The molecule has 1 aromatic carbocycles. The van der Waals surface area contributed by atoms with E-state index in [1.165, 1.54) is 12.1 Å². The van der Waals surface area contributed by atoms with Gasteiger partial charge in [-0.15, -0.1) is 0 Å². The molecule has 0 spiro atoms. The molecule has 2 bridgehead atoms. The van der Waals surface area contributed by atoms with Crippen LogP contribution in [0.1, 0.15) is 20.8 Å². The Morgan fingerprint density at radius 3 is 2.36 bits per heavy atom. The van der Waals surface area contributed by atoms with Gasteiger partial charge in [-0.3, -0.25) is 9.59 Å². The Bertz CT molecular complexity index is 1040. The average Bonchev–Trinajstić information content (AvgIpc) is 2.91. The Labute approximate surface area is 166 Å². The molecule has 0 fully saturated rings. The second-order valence-electron chi connectivity index (χ2n) is 7.28. The predicted molar refractivity (Wildman–Crippen MR) is 104 cm³/mol. The number of aliphatic imine (C=N–C) groups is 1. The summed E-state index contributed by atoms with van der Waals surface area (Å²) in [5.74, 6) is -3.29. The Balaban J connectivity index is 2.13. The lowest BCUT2D eigenvalue weighted by molar-refractivity contribution is -0.136. The number of Topliss-reactive ketones (excluding diaryl/α,β-unsaturated/α-hetero) is 1. The van der Waals surface area contributed by atoms with Gasteiger partial charge in [-0.25, -0.2) is 13.2 Å². The quantitative estimate of drug-likeness (QED) is 0.713. The molecule has 2 aliphatic rings. The third kappa shape index (κ3) is 3.43. The molecule has 0 saturated carbocycles. The minimum absolute atomic E-state index is 0.0603. The highest BCUT2D eigenvalue weighted by Gasteiger charge is 2.48. The number of rotatable bonds is 5. The van der Waals surface area contributed by atoms with E-state index in [1.54, 1.807) is 39.0 Å². The molecular weight excluding hydrogens is 404 g/mol. The van der Waals surface area contributed by atoms with Crippen LogP contribution in [0.5, 0.6) is 0 Å². The number of carbonyl (C=O) groups is 3. The number of benzene rings is 1. The van der Waals surface area contributed by atoms with Crippen LogP contribution in [0.15, 0.2) is 51.4 Å². The van der Waals surface area contributed by atoms with Crippen LogP contribution in [-0.2, 0) is 24.4 Å². The normalized spacial score (nSPS) is 20.0. The Morgan fingerprint density at radius 1 is 1.21 bits per heavy atom. The first kappa shape index (κ1) is 20.4. The van der Waals surface area contributed by atoms with E-state index in [4.69, 9.17) is 0 Å². The molecule has 1 amide bonds. The van der Waals surface area contributed by atoms with Crippen molar-refractivity contribution in [3.63, 3.8) is 0 Å². The Hall–Kier alpha value is -2.30. The fourth-order valence-electron chi connectivity index (χ4n) is 2.99. The number of nitrogens with zero attached hydrogens (tertiary/aromatic N) is 2. The number of carbonyl (C=O) groups excluding carboxylic acids is 2. The largest absolute Gasteiger partial charge is 0.478 e. The first-order valence-electron chi connectivity index (χ1n) is 8.32. The molecule has 2 heterocycles. The monoisotopic (exact) mass is 422 g/mol. The summed E-state index contributed by atoms with van der Waals surface area (Å²) in [4.78, 5) is 39.3. The Kier molecular flexibility index (Phi) is 5.07. The van der Waals surface area contributed by atoms with Gasteiger partial charge < -0.3 is 5.11 Å². The van der Waals surface area contributed by atoms with Gasteiger partial charge in [0.1, 0.15) is 10.3 Å². The van der Waals surface area contributed by atoms with E-state index in [2.05, 4.69) is 4.99 Å². The molecule has 2 aliphatic heterocycles. The lowest BCUT2D eigenvalue weighted by Crippen LogP contribution is -2.47. The zero-order valence-electron chi connectivity index (χ0n) is 15.4. The molecule has 0 aliphatic carbocycles. The minimum atomic E-state index is -3.98. The number of hydrogen-bond acceptors (Lipinski definition) is 6. The molecule has 1 atom stereocenters. The lowest BCUT2D eigenvalue weighted by Gasteiger charge is -2.35. The summed E-state index contributed by atoms with van der Waals surface area (Å²) in [5, 5.41) is 8.51. The van der Waals surface area contributed by atoms with E-state index >= 15 is 0 Å². The van der Waals surface area contributed by atoms with Gasteiger partial charge in [0.2, 0.25) is 15.8 Å². The number of hydrogen-bond donors (Lipinski definition) is 1. The Morgan fingerprint density at radius 2 is 1.82 bits per heavy atom. The van der Waals surface area contributed by atoms with E-state index in [0.29, 0.717) is 0 Å². The topological polar surface area (TPSA) is 121 Å². The van der Waals surface area contributed by atoms with Crippen molar-refractivity contribution in [3.05, 3.63) is 41.5 Å². The van der Waals surface area contributed by atoms with Crippen molar-refractivity contribution in [3.8, 4) is 0 Å². The molecule has 1 unspecified atom stereocenters. The van der Waals surface area contributed by atoms with E-state index in [9.17, 15) is 27.9 Å². The van der Waals surface area contributed by atoms with Gasteiger partial charge in [0, 0.05) is 17.7 Å². The number of thioether (sulfide) groups is 1. The van der Waals surface area contributed by atoms with Crippen LogP contribution in [0.3, 0.4) is 0 Å². The first-order chi connectivity index (χ1) is 12.9. The van der Waals surface area contributed by atoms with E-state index in [1.807, 2.05) is 0 Å². The number of aliphatic carboxylic acids is 1. The van der Waals surface area contributed by atoms with Crippen molar-refractivity contribution < 1.29 is 27.9 Å². The zero-order chi connectivity index (χ0) is 20.9. The second-order valence-corrected chi connectivity index (χ2v) is 10.2. The summed E-state index contributed by atoms with van der Waals surface area (Å²) < 4.78 is 27.6. The number of amides is 1. The molecule has 1 N–H and O–H groups in total. The van der Waals surface area contributed by atoms with E-state index in [-0.39, 0.29) is 27.6 Å². The first-order valence-corrected chi connectivity index (χ1v) is 10.6. The highest BCUT2D eigenvalue weighted by molar-refractivity contribution is 8.16. The van der Waals surface area contributed by atoms with Gasteiger partial charge in [-0.2, -0.15) is 9.30 Å². The van der Waals surface area contributed by atoms with Gasteiger partial charge in [-0.1, -0.05) is 30.0 Å². The average molecular weight is 422 g/mol. The van der Waals surface area contributed by atoms with Gasteiger partial charge in [-0.05, 0) is 32.9 Å². The third-order valence-corrected chi connectivity index (χ3v) is 7.71. The SMILES string of the molecule is CC(C)(C)N(CC1=C(C(=O)O)C2SC1=NC(=O)C2=O)S(=O)(=O)c1ccccc1. The molecule has 0 saturated heterocycles. The molecule has 28 heavy (non-hydrogen) atoms. The maximum absolute atomic E-state index is 13.2. The molecule has 0 aromatic heterocycles. The predicted octanol–water partition coefficient (Wildman–Crippen LogP) is 1.48. The van der Waals surface area contributed by atoms with Crippen LogP contribution < -0.4 is 0 Å². The van der Waals surface area contributed by atoms with Crippen LogP contribution in [0, 0.1) is 0 Å². The van der Waals surface area contributed by atoms with Crippen LogP contribution in [0.25, 0.3) is 0 Å². The molecule has 10 heteroatoms. The highest BCUT2D eigenvalue weighted by Crippen LogP contribution is 2.40. The van der Waals surface area contributed by atoms with E-state index < -0.39 is 38.5 Å². The fraction of sp³-hybridized carbons (Fsp3) is 0.333. The smallest absolute Gasteiger partial charge is 0.333 e. The summed E-state index contributed by atoms with van der Waals surface area (Å²) in [6.07, 6.45) is 0. The van der Waals surface area contributed by atoms with Crippen molar-refractivity contribution in [1.82, 2.24) is 4.31 Å². The third-order valence-electron chi connectivity index (χ3n) is 4.34. The number of ketones is 1. The molecule has 1 aromatic rings. The number of carboxylic acid groups (broad SMARTS) is 1. The fourth-order valence-corrected chi connectivity index (χ4v) is 6.01. The highest BCUT2D eigenvalue weighted by atomic mass is 32.2. The van der Waals surface area contributed by atoms with Gasteiger partial charge in [0.05, 0.1) is 10.5 Å². The summed E-state index contributed by atoms with van der Waals surface area (Å²) in [5.41, 5.74) is -1.10. The van der Waals surface area contributed by atoms with Crippen molar-refractivity contribution in [2.45, 2.75) is 36.5 Å². The summed E-state index contributed by atoms with van der Waals surface area (Å²) in [6.45, 7) is 4.73. The lowest BCUT2D eigenvalue weighted by atomic mass is 10.0. The van der Waals surface area contributed by atoms with Crippen LogP contribution in [0.4, 0.5) is 0 Å². The van der Waals surface area contributed by atoms with Crippen molar-refractivity contribution >= 4 is 44.5 Å². The van der Waals surface area contributed by atoms with Crippen LogP contribution >= 0.6 is 11.8 Å². The zero-order valence-corrected chi connectivity index (χ0v) is 17.0. The van der Waals surface area contributed by atoms with Crippen LogP contribution in [-0.4, -0.2) is 57.9 Å². The van der Waals surface area contributed by atoms with E-state index in [0.717, 1.165) is 16.1 Å².